The summed E-state index contributed by atoms with van der Waals surface area (Å²) in [6.45, 7) is 9.08. The lowest BCUT2D eigenvalue weighted by Gasteiger charge is -2.25. The Balaban J connectivity index is 1.45. The van der Waals surface area contributed by atoms with Gasteiger partial charge in [-0.25, -0.2) is 8.42 Å². The summed E-state index contributed by atoms with van der Waals surface area (Å²) in [6.07, 6.45) is 4.57. The van der Waals surface area contributed by atoms with Gasteiger partial charge in [-0.05, 0) is 57.2 Å². The number of sulfonamides is 1. The van der Waals surface area contributed by atoms with Crippen molar-refractivity contribution in [3.63, 3.8) is 0 Å². The van der Waals surface area contributed by atoms with Crippen LogP contribution in [0.3, 0.4) is 0 Å². The Morgan fingerprint density at radius 1 is 1.13 bits per heavy atom. The van der Waals surface area contributed by atoms with Crippen LogP contribution in [0, 0.1) is 13.8 Å². The topological polar surface area (TPSA) is 90.0 Å². The summed E-state index contributed by atoms with van der Waals surface area (Å²) in [5.74, 6) is -0.304. The molecule has 3 fully saturated rings. The smallest absolute Gasteiger partial charge is 0.241 e. The second-order valence-electron chi connectivity index (χ2n) is 8.67. The minimum absolute atomic E-state index is 0.00257. The summed E-state index contributed by atoms with van der Waals surface area (Å²) in [4.78, 5) is 30.9. The molecule has 3 aliphatic rings. The molecule has 1 radical (unpaired) electrons. The fourth-order valence-electron chi connectivity index (χ4n) is 4.57. The van der Waals surface area contributed by atoms with Crippen molar-refractivity contribution >= 4 is 27.5 Å². The normalized spacial score (nSPS) is 21.9. The molecule has 2 heterocycles. The van der Waals surface area contributed by atoms with Crippen LogP contribution in [0.2, 0.25) is 0 Å². The Hall–Kier alpha value is -1.97. The second kappa shape index (κ2) is 8.88. The zero-order valence-electron chi connectivity index (χ0n) is 18.0. The second-order valence-corrected chi connectivity index (χ2v) is 10.4. The van der Waals surface area contributed by atoms with Crippen molar-refractivity contribution in [3.05, 3.63) is 30.7 Å². The predicted molar refractivity (Wildman–Crippen MR) is 118 cm³/mol. The van der Waals surface area contributed by atoms with E-state index in [-0.39, 0.29) is 16.7 Å². The lowest BCUT2D eigenvalue weighted by molar-refractivity contribution is -0.131. The van der Waals surface area contributed by atoms with E-state index in [1.54, 1.807) is 28.9 Å². The number of hydrogen-bond donors (Lipinski definition) is 1. The monoisotopic (exact) mass is 447 g/mol. The fraction of sp³-hybridized carbons (Fsp3) is 0.591. The summed E-state index contributed by atoms with van der Waals surface area (Å²) in [6, 6.07) is 4.44. The molecule has 0 unspecified atom stereocenters. The number of anilines is 1. The Kier molecular flexibility index (Phi) is 6.37. The number of rotatable bonds is 6. The first-order chi connectivity index (χ1) is 14.8. The quantitative estimate of drug-likeness (QED) is 0.710. The third-order valence-electron chi connectivity index (χ3n) is 6.41. The lowest BCUT2D eigenvalue weighted by Crippen LogP contribution is -2.48. The lowest BCUT2D eigenvalue weighted by atomic mass is 10.2. The first-order valence-corrected chi connectivity index (χ1v) is 12.5. The molecule has 1 N–H and O–H groups in total. The summed E-state index contributed by atoms with van der Waals surface area (Å²) in [5, 5.41) is 0. The molecule has 1 aromatic carbocycles. The SMILES string of the molecule is [CH2][C@H](NS(=O)(=O)c1cccc(N2CCCC2=O)c1C)C(=O)N1CCCN(C2CC2)CC1. The molecule has 2 amide bonds. The minimum Gasteiger partial charge on any atom is -0.340 e. The van der Waals surface area contributed by atoms with Crippen LogP contribution in [0.25, 0.3) is 0 Å². The first kappa shape index (κ1) is 22.2. The van der Waals surface area contributed by atoms with Gasteiger partial charge in [-0.1, -0.05) is 6.07 Å². The van der Waals surface area contributed by atoms with Crippen molar-refractivity contribution in [2.75, 3.05) is 37.6 Å². The minimum atomic E-state index is -3.98. The molecule has 1 aliphatic carbocycles. The third kappa shape index (κ3) is 4.78. The van der Waals surface area contributed by atoms with Crippen LogP contribution in [0.1, 0.15) is 37.7 Å². The van der Waals surface area contributed by atoms with Crippen molar-refractivity contribution in [1.29, 1.82) is 0 Å². The molecule has 2 saturated heterocycles. The maximum absolute atomic E-state index is 13.1. The standard InChI is InChI=1S/C22H31N4O4S/c1-16-19(26-13-4-8-21(26)27)6-3-7-20(16)31(29,30)23-17(2)22(28)25-12-5-11-24(14-15-25)18-9-10-18/h3,6-7,17-18,23H,2,4-5,8-15H2,1H3/t17-/m0/s1. The van der Waals surface area contributed by atoms with Gasteiger partial charge in [0, 0.05) is 50.9 Å². The van der Waals surface area contributed by atoms with E-state index in [1.165, 1.54) is 18.9 Å². The highest BCUT2D eigenvalue weighted by molar-refractivity contribution is 7.89. The predicted octanol–water partition coefficient (Wildman–Crippen LogP) is 1.30. The van der Waals surface area contributed by atoms with E-state index in [4.69, 9.17) is 0 Å². The summed E-state index contributed by atoms with van der Waals surface area (Å²) < 4.78 is 28.6. The number of hydrogen-bond acceptors (Lipinski definition) is 5. The maximum atomic E-state index is 13.1. The molecular formula is C22H31N4O4S. The van der Waals surface area contributed by atoms with Crippen LogP contribution >= 0.6 is 0 Å². The van der Waals surface area contributed by atoms with Crippen molar-refractivity contribution in [3.8, 4) is 0 Å². The van der Waals surface area contributed by atoms with Crippen molar-refractivity contribution in [2.45, 2.75) is 56.0 Å². The van der Waals surface area contributed by atoms with E-state index >= 15 is 0 Å². The van der Waals surface area contributed by atoms with Gasteiger partial charge in [0.2, 0.25) is 21.8 Å². The first-order valence-electron chi connectivity index (χ1n) is 11.1. The highest BCUT2D eigenvalue weighted by Crippen LogP contribution is 2.30. The number of carbonyl (C=O) groups is 2. The van der Waals surface area contributed by atoms with Crippen LogP contribution in [0.15, 0.2) is 23.1 Å². The van der Waals surface area contributed by atoms with Gasteiger partial charge < -0.3 is 9.80 Å². The van der Waals surface area contributed by atoms with Gasteiger partial charge >= 0.3 is 0 Å². The fourth-order valence-corrected chi connectivity index (χ4v) is 5.94. The average molecular weight is 448 g/mol. The maximum Gasteiger partial charge on any atom is 0.241 e. The van der Waals surface area contributed by atoms with E-state index in [9.17, 15) is 18.0 Å². The van der Waals surface area contributed by atoms with E-state index in [1.807, 2.05) is 0 Å². The Morgan fingerprint density at radius 3 is 2.58 bits per heavy atom. The summed E-state index contributed by atoms with van der Waals surface area (Å²) in [5.41, 5.74) is 1.10. The zero-order chi connectivity index (χ0) is 22.2. The molecule has 1 atom stereocenters. The molecule has 2 aliphatic heterocycles. The molecule has 1 saturated carbocycles. The third-order valence-corrected chi connectivity index (χ3v) is 8.03. The molecule has 1 aromatic rings. The van der Waals surface area contributed by atoms with Gasteiger partial charge in [0.1, 0.15) is 6.04 Å². The van der Waals surface area contributed by atoms with E-state index < -0.39 is 16.1 Å². The largest absolute Gasteiger partial charge is 0.340 e. The molecule has 8 nitrogen and oxygen atoms in total. The molecule has 9 heteroatoms. The number of benzene rings is 1. The van der Waals surface area contributed by atoms with E-state index in [0.717, 1.165) is 25.9 Å². The molecular weight excluding hydrogens is 416 g/mol. The van der Waals surface area contributed by atoms with Crippen LogP contribution in [-0.4, -0.2) is 74.8 Å². The Bertz CT molecular complexity index is 960. The van der Waals surface area contributed by atoms with Crippen LogP contribution < -0.4 is 9.62 Å². The Labute approximate surface area is 184 Å². The van der Waals surface area contributed by atoms with Gasteiger partial charge in [-0.3, -0.25) is 14.5 Å². The molecule has 0 aromatic heterocycles. The number of nitrogens with zero attached hydrogens (tertiary/aromatic N) is 3. The van der Waals surface area contributed by atoms with Gasteiger partial charge in [0.15, 0.2) is 0 Å². The number of carbonyl (C=O) groups excluding carboxylic acids is 2. The van der Waals surface area contributed by atoms with Crippen LogP contribution in [-0.2, 0) is 19.6 Å². The molecule has 0 spiro atoms. The number of nitrogens with one attached hydrogen (secondary N) is 1. The summed E-state index contributed by atoms with van der Waals surface area (Å²) >= 11 is 0. The molecule has 169 valence electrons. The highest BCUT2D eigenvalue weighted by atomic mass is 32.2. The van der Waals surface area contributed by atoms with Crippen LogP contribution in [0.5, 0.6) is 0 Å². The summed E-state index contributed by atoms with van der Waals surface area (Å²) in [7, 11) is -3.98. The van der Waals surface area contributed by atoms with Crippen molar-refractivity contribution < 1.29 is 18.0 Å². The molecule has 31 heavy (non-hydrogen) atoms. The van der Waals surface area contributed by atoms with Gasteiger partial charge in [0.25, 0.3) is 0 Å². The van der Waals surface area contributed by atoms with E-state index in [0.29, 0.717) is 43.3 Å². The number of amides is 2. The molecule has 4 rings (SSSR count). The van der Waals surface area contributed by atoms with E-state index in [2.05, 4.69) is 16.5 Å². The molecule has 0 bridgehead atoms. The van der Waals surface area contributed by atoms with Crippen molar-refractivity contribution in [1.82, 2.24) is 14.5 Å². The Morgan fingerprint density at radius 2 is 1.90 bits per heavy atom. The van der Waals surface area contributed by atoms with Gasteiger partial charge in [-0.2, -0.15) is 4.72 Å². The van der Waals surface area contributed by atoms with Crippen LogP contribution in [0.4, 0.5) is 5.69 Å². The average Bonchev–Trinajstić information content (AvgIpc) is 3.51. The zero-order valence-corrected chi connectivity index (χ0v) is 18.9. The van der Waals surface area contributed by atoms with Gasteiger partial charge in [0.05, 0.1) is 4.90 Å². The highest BCUT2D eigenvalue weighted by Gasteiger charge is 2.33. The van der Waals surface area contributed by atoms with Crippen molar-refractivity contribution in [2.24, 2.45) is 0 Å². The van der Waals surface area contributed by atoms with Gasteiger partial charge in [-0.15, -0.1) is 0 Å².